The Kier molecular flexibility index (Phi) is 4.31. The average Bonchev–Trinajstić information content (AvgIpc) is 3.05. The molecular formula is C23H20F2N4O. The summed E-state index contributed by atoms with van der Waals surface area (Å²) in [4.78, 5) is 16.9. The Morgan fingerprint density at radius 3 is 2.53 bits per heavy atom. The molecule has 5 nitrogen and oxygen atoms in total. The number of carbonyl (C=O) groups is 1. The maximum absolute atomic E-state index is 13.7. The largest absolute Gasteiger partial charge is 0.327 e. The van der Waals surface area contributed by atoms with E-state index in [0.29, 0.717) is 40.0 Å². The molecule has 1 amide bonds. The second-order valence-corrected chi connectivity index (χ2v) is 8.40. The predicted molar refractivity (Wildman–Crippen MR) is 107 cm³/mol. The highest BCUT2D eigenvalue weighted by Gasteiger charge is 2.59. The normalized spacial score (nSPS) is 25.5. The van der Waals surface area contributed by atoms with Crippen LogP contribution in [0.25, 0.3) is 11.0 Å². The number of carbonyl (C=O) groups excluding carboxylic acids is 1. The number of hydrogen-bond donors (Lipinski definition) is 1. The van der Waals surface area contributed by atoms with Gasteiger partial charge in [0.15, 0.2) is 11.6 Å². The summed E-state index contributed by atoms with van der Waals surface area (Å²) in [6.07, 6.45) is 3.48. The van der Waals surface area contributed by atoms with Gasteiger partial charge in [0.2, 0.25) is 5.91 Å². The number of anilines is 1. The number of nitrogens with zero attached hydrogens (tertiary/aromatic N) is 3. The number of nitrogens with one attached hydrogen (secondary N) is 1. The summed E-state index contributed by atoms with van der Waals surface area (Å²) in [6.45, 7) is 1.96. The molecule has 0 spiro atoms. The molecule has 5 rings (SSSR count). The van der Waals surface area contributed by atoms with Crippen LogP contribution in [0.5, 0.6) is 0 Å². The van der Waals surface area contributed by atoms with Gasteiger partial charge in [-0.05, 0) is 54.9 Å². The zero-order valence-corrected chi connectivity index (χ0v) is 16.3. The van der Waals surface area contributed by atoms with E-state index in [1.54, 1.807) is 30.6 Å². The van der Waals surface area contributed by atoms with E-state index < -0.39 is 11.6 Å². The summed E-state index contributed by atoms with van der Waals surface area (Å²) < 4.78 is 29.1. The lowest BCUT2D eigenvalue weighted by molar-refractivity contribution is -0.120. The third-order valence-electron chi connectivity index (χ3n) is 6.77. The van der Waals surface area contributed by atoms with Gasteiger partial charge in [-0.25, -0.2) is 13.8 Å². The molecule has 152 valence electrons. The van der Waals surface area contributed by atoms with Crippen molar-refractivity contribution in [3.8, 4) is 6.07 Å². The maximum Gasteiger partial charge on any atom is 0.227 e. The van der Waals surface area contributed by atoms with Gasteiger partial charge in [-0.15, -0.1) is 0 Å². The molecule has 2 aliphatic carbocycles. The number of rotatable bonds is 4. The molecule has 2 aliphatic rings. The Morgan fingerprint density at radius 2 is 1.87 bits per heavy atom. The number of amides is 1. The minimum Gasteiger partial charge on any atom is -0.327 e. The van der Waals surface area contributed by atoms with Crippen molar-refractivity contribution in [3.63, 3.8) is 0 Å². The third-order valence-corrected chi connectivity index (χ3v) is 6.77. The number of halogens is 2. The van der Waals surface area contributed by atoms with E-state index in [1.165, 1.54) is 6.07 Å². The van der Waals surface area contributed by atoms with Crippen LogP contribution in [-0.4, -0.2) is 15.5 Å². The van der Waals surface area contributed by atoms with Crippen LogP contribution in [-0.2, 0) is 4.79 Å². The summed E-state index contributed by atoms with van der Waals surface area (Å²) in [6, 6.07) is 11.4. The van der Waals surface area contributed by atoms with E-state index in [2.05, 4.69) is 16.4 Å². The van der Waals surface area contributed by atoms with Crippen molar-refractivity contribution in [2.75, 3.05) is 5.32 Å². The molecular weight excluding hydrogens is 386 g/mol. The molecule has 0 radical (unpaired) electrons. The van der Waals surface area contributed by atoms with Crippen LogP contribution in [0.2, 0.25) is 0 Å². The van der Waals surface area contributed by atoms with E-state index in [9.17, 15) is 13.6 Å². The molecule has 2 saturated carbocycles. The van der Waals surface area contributed by atoms with E-state index >= 15 is 0 Å². The number of hydrogen-bond acceptors (Lipinski definition) is 3. The van der Waals surface area contributed by atoms with Gasteiger partial charge in [-0.1, -0.05) is 6.92 Å². The predicted octanol–water partition coefficient (Wildman–Crippen LogP) is 4.66. The fourth-order valence-corrected chi connectivity index (χ4v) is 5.20. The highest BCUT2D eigenvalue weighted by Crippen LogP contribution is 2.64. The zero-order valence-electron chi connectivity index (χ0n) is 16.3. The van der Waals surface area contributed by atoms with E-state index in [4.69, 9.17) is 5.26 Å². The summed E-state index contributed by atoms with van der Waals surface area (Å²) in [7, 11) is 0. The molecule has 1 heterocycles. The Bertz CT molecular complexity index is 1170. The summed E-state index contributed by atoms with van der Waals surface area (Å²) >= 11 is 0. The van der Waals surface area contributed by atoms with Crippen LogP contribution in [0.15, 0.2) is 42.7 Å². The fourth-order valence-electron chi connectivity index (χ4n) is 5.20. The van der Waals surface area contributed by atoms with Gasteiger partial charge < -0.3 is 9.88 Å². The van der Waals surface area contributed by atoms with Gasteiger partial charge in [0.25, 0.3) is 0 Å². The second kappa shape index (κ2) is 6.91. The smallest absolute Gasteiger partial charge is 0.227 e. The van der Waals surface area contributed by atoms with Crippen molar-refractivity contribution < 1.29 is 13.6 Å². The van der Waals surface area contributed by atoms with Crippen LogP contribution in [0, 0.1) is 46.6 Å². The first-order chi connectivity index (χ1) is 14.5. The lowest BCUT2D eigenvalue weighted by Crippen LogP contribution is -2.24. The second-order valence-electron chi connectivity index (χ2n) is 8.40. The molecule has 3 aromatic rings. The summed E-state index contributed by atoms with van der Waals surface area (Å²) in [5.41, 5.74) is 2.32. The van der Waals surface area contributed by atoms with Gasteiger partial charge in [0.1, 0.15) is 0 Å². The monoisotopic (exact) mass is 406 g/mol. The van der Waals surface area contributed by atoms with Gasteiger partial charge in [-0.3, -0.25) is 4.79 Å². The molecule has 30 heavy (non-hydrogen) atoms. The summed E-state index contributed by atoms with van der Waals surface area (Å²) in [5.74, 6) is -0.617. The molecule has 7 heteroatoms. The first-order valence-electron chi connectivity index (χ1n) is 10.1. The number of benzene rings is 2. The topological polar surface area (TPSA) is 70.7 Å². The standard InChI is InChI=1S/C23H20F2N4O/c1-12(23(30)28-14-4-2-13(10-26)3-5-14)22-16-6-15(7-17(16)22)29-11-27-20-8-18(24)19(25)9-21(20)29/h2-5,8-9,11-12,15-17,22H,6-7H2,1H3,(H,28,30)/t12?,15-,16-,17+,22+. The molecule has 0 aliphatic heterocycles. The average molecular weight is 406 g/mol. The van der Waals surface area contributed by atoms with Crippen molar-refractivity contribution in [2.24, 2.45) is 23.7 Å². The van der Waals surface area contributed by atoms with Crippen molar-refractivity contribution >= 4 is 22.6 Å². The van der Waals surface area contributed by atoms with Gasteiger partial charge >= 0.3 is 0 Å². The molecule has 0 saturated heterocycles. The fraction of sp³-hybridized carbons (Fsp3) is 0.348. The molecule has 2 aromatic carbocycles. The lowest BCUT2D eigenvalue weighted by atomic mass is 9.96. The van der Waals surface area contributed by atoms with Crippen molar-refractivity contribution in [1.29, 1.82) is 5.26 Å². The Balaban J connectivity index is 1.23. The molecule has 0 bridgehead atoms. The Hall–Kier alpha value is -3.27. The van der Waals surface area contributed by atoms with Crippen molar-refractivity contribution in [3.05, 3.63) is 59.9 Å². The molecule has 1 unspecified atom stereocenters. The first-order valence-corrected chi connectivity index (χ1v) is 10.1. The van der Waals surface area contributed by atoms with Crippen molar-refractivity contribution in [1.82, 2.24) is 9.55 Å². The van der Waals surface area contributed by atoms with E-state index in [-0.39, 0.29) is 17.9 Å². The van der Waals surface area contributed by atoms with E-state index in [0.717, 1.165) is 18.9 Å². The minimum atomic E-state index is -0.885. The first kappa shape index (κ1) is 18.7. The number of imidazole rings is 1. The van der Waals surface area contributed by atoms with Gasteiger partial charge in [0.05, 0.1) is 29.0 Å². The van der Waals surface area contributed by atoms with Crippen LogP contribution >= 0.6 is 0 Å². The Morgan fingerprint density at radius 1 is 1.20 bits per heavy atom. The third kappa shape index (κ3) is 3.04. The lowest BCUT2D eigenvalue weighted by Gasteiger charge is -2.20. The zero-order chi connectivity index (χ0) is 21.0. The highest BCUT2D eigenvalue weighted by molar-refractivity contribution is 5.92. The molecule has 1 aromatic heterocycles. The Labute approximate surface area is 172 Å². The van der Waals surface area contributed by atoms with Gasteiger partial charge in [0, 0.05) is 29.8 Å². The minimum absolute atomic E-state index is 0.0127. The van der Waals surface area contributed by atoms with Gasteiger partial charge in [-0.2, -0.15) is 5.26 Å². The number of nitriles is 1. The number of fused-ring (bicyclic) bond motifs is 2. The molecule has 2 fully saturated rings. The number of aromatic nitrogens is 2. The quantitative estimate of drug-likeness (QED) is 0.685. The van der Waals surface area contributed by atoms with E-state index in [1.807, 2.05) is 11.5 Å². The molecule has 5 atom stereocenters. The van der Waals surface area contributed by atoms with Crippen LogP contribution < -0.4 is 5.32 Å². The van der Waals surface area contributed by atoms with Crippen LogP contribution in [0.1, 0.15) is 31.4 Å². The van der Waals surface area contributed by atoms with Crippen molar-refractivity contribution in [2.45, 2.75) is 25.8 Å². The SMILES string of the molecule is CC(C(=O)Nc1ccc(C#N)cc1)[C@H]1[C@@H]2C[C@@H](n3cnc4cc(F)c(F)cc43)C[C@@H]21. The summed E-state index contributed by atoms with van der Waals surface area (Å²) in [5, 5.41) is 11.8. The van der Waals surface area contributed by atoms with Crippen LogP contribution in [0.4, 0.5) is 14.5 Å². The highest BCUT2D eigenvalue weighted by atomic mass is 19.2. The van der Waals surface area contributed by atoms with Crippen LogP contribution in [0.3, 0.4) is 0 Å². The molecule has 1 N–H and O–H groups in total. The maximum atomic E-state index is 13.7.